The molecule has 0 aliphatic carbocycles. The SMILES string of the molecule is CCCCCCCCCCCSC(=O)[C@H](N)CCC(=O)NC(CCCC(N)C(=O)OCC)C(=O)OCC. The minimum absolute atomic E-state index is 0.0315. The Balaban J connectivity index is 4.24. The number of unbranched alkanes of at least 4 members (excludes halogenated alkanes) is 8. The fourth-order valence-corrected chi connectivity index (χ4v) is 4.65. The van der Waals surface area contributed by atoms with E-state index in [0.29, 0.717) is 12.8 Å². The number of esters is 2. The normalized spacial score (nSPS) is 13.4. The van der Waals surface area contributed by atoms with E-state index in [1.54, 1.807) is 13.8 Å². The molecule has 0 bridgehead atoms. The van der Waals surface area contributed by atoms with E-state index >= 15 is 0 Å². The number of ether oxygens (including phenoxy) is 2. The van der Waals surface area contributed by atoms with Gasteiger partial charge in [-0.25, -0.2) is 4.79 Å². The zero-order valence-electron chi connectivity index (χ0n) is 23.3. The number of carbonyl (C=O) groups excluding carboxylic acids is 4. The molecular formula is C27H51N3O6S. The summed E-state index contributed by atoms with van der Waals surface area (Å²) in [5, 5.41) is 2.56. The third-order valence-electron chi connectivity index (χ3n) is 5.98. The molecule has 0 saturated carbocycles. The van der Waals surface area contributed by atoms with Crippen molar-refractivity contribution in [2.24, 2.45) is 11.5 Å². The van der Waals surface area contributed by atoms with Crippen LogP contribution in [0.5, 0.6) is 0 Å². The van der Waals surface area contributed by atoms with Crippen molar-refractivity contribution in [3.05, 3.63) is 0 Å². The van der Waals surface area contributed by atoms with Gasteiger partial charge in [-0.2, -0.15) is 0 Å². The standard InChI is InChI=1S/C27H51N3O6S/c1-4-7-8-9-10-11-12-13-14-20-37-27(34)22(29)18-19-24(31)30-23(26(33)36-6-3)17-15-16-21(28)25(32)35-5-2/h21-23H,4-20,28-29H2,1-3H3,(H,30,31)/t21?,22-,23?/m1/s1. The number of carbonyl (C=O) groups is 4. The minimum Gasteiger partial charge on any atom is -0.465 e. The number of rotatable bonds is 23. The average Bonchev–Trinajstić information content (AvgIpc) is 2.87. The van der Waals surface area contributed by atoms with Gasteiger partial charge in [-0.1, -0.05) is 70.1 Å². The monoisotopic (exact) mass is 545 g/mol. The molecule has 5 N–H and O–H groups in total. The Morgan fingerprint density at radius 1 is 0.703 bits per heavy atom. The highest BCUT2D eigenvalue weighted by Gasteiger charge is 2.24. The van der Waals surface area contributed by atoms with Crippen LogP contribution in [0.4, 0.5) is 0 Å². The van der Waals surface area contributed by atoms with E-state index < -0.39 is 30.1 Å². The molecule has 0 aromatic rings. The van der Waals surface area contributed by atoms with Gasteiger partial charge in [0.25, 0.3) is 0 Å². The fourth-order valence-electron chi connectivity index (χ4n) is 3.76. The number of thioether (sulfide) groups is 1. The summed E-state index contributed by atoms with van der Waals surface area (Å²) in [6.07, 6.45) is 12.3. The molecule has 0 spiro atoms. The van der Waals surface area contributed by atoms with Gasteiger partial charge in [0, 0.05) is 12.2 Å². The lowest BCUT2D eigenvalue weighted by molar-refractivity contribution is -0.147. The van der Waals surface area contributed by atoms with Crippen molar-refractivity contribution in [2.45, 2.75) is 129 Å². The molecule has 1 amide bonds. The topological polar surface area (TPSA) is 151 Å². The molecule has 0 aliphatic rings. The lowest BCUT2D eigenvalue weighted by Crippen LogP contribution is -2.43. The molecule has 0 aromatic heterocycles. The molecule has 3 atom stereocenters. The molecule has 0 aromatic carbocycles. The zero-order valence-corrected chi connectivity index (χ0v) is 24.1. The fraction of sp³-hybridized carbons (Fsp3) is 0.852. The number of hydrogen-bond donors (Lipinski definition) is 3. The lowest BCUT2D eigenvalue weighted by atomic mass is 10.1. The summed E-state index contributed by atoms with van der Waals surface area (Å²) in [5.74, 6) is -0.668. The predicted molar refractivity (Wildman–Crippen MR) is 149 cm³/mol. The Kier molecular flexibility index (Phi) is 22.4. The molecule has 0 fully saturated rings. The van der Waals surface area contributed by atoms with Gasteiger partial charge in [0.2, 0.25) is 11.0 Å². The van der Waals surface area contributed by atoms with E-state index in [1.807, 2.05) is 0 Å². The first kappa shape index (κ1) is 35.4. The maximum atomic E-state index is 12.4. The third kappa shape index (κ3) is 19.1. The van der Waals surface area contributed by atoms with Crippen molar-refractivity contribution in [3.8, 4) is 0 Å². The van der Waals surface area contributed by atoms with Gasteiger partial charge >= 0.3 is 11.9 Å². The Bertz CT molecular complexity index is 650. The molecule has 0 aliphatic heterocycles. The highest BCUT2D eigenvalue weighted by Crippen LogP contribution is 2.14. The van der Waals surface area contributed by atoms with Crippen LogP contribution in [0.1, 0.15) is 111 Å². The van der Waals surface area contributed by atoms with Crippen molar-refractivity contribution in [1.82, 2.24) is 5.32 Å². The van der Waals surface area contributed by atoms with Crippen LogP contribution in [-0.4, -0.2) is 60.1 Å². The summed E-state index contributed by atoms with van der Waals surface area (Å²) in [6, 6.07) is -2.36. The zero-order chi connectivity index (χ0) is 27.9. The predicted octanol–water partition coefficient (Wildman–Crippen LogP) is 3.99. The van der Waals surface area contributed by atoms with Gasteiger partial charge in [-0.05, 0) is 46.0 Å². The Labute approximate surface area is 227 Å². The Morgan fingerprint density at radius 3 is 1.86 bits per heavy atom. The highest BCUT2D eigenvalue weighted by molar-refractivity contribution is 8.13. The Hall–Kier alpha value is -1.65. The summed E-state index contributed by atoms with van der Waals surface area (Å²) in [6.45, 7) is 6.04. The van der Waals surface area contributed by atoms with Crippen molar-refractivity contribution < 1.29 is 28.7 Å². The summed E-state index contributed by atoms with van der Waals surface area (Å²) in [4.78, 5) is 48.6. The molecule has 0 rings (SSSR count). The first-order chi connectivity index (χ1) is 17.8. The molecule has 0 radical (unpaired) electrons. The van der Waals surface area contributed by atoms with Crippen LogP contribution in [0.15, 0.2) is 0 Å². The van der Waals surface area contributed by atoms with Gasteiger partial charge in [0.15, 0.2) is 0 Å². The molecular weight excluding hydrogens is 494 g/mol. The van der Waals surface area contributed by atoms with E-state index in [2.05, 4.69) is 12.2 Å². The van der Waals surface area contributed by atoms with Crippen LogP contribution in [-0.2, 0) is 28.7 Å². The summed E-state index contributed by atoms with van der Waals surface area (Å²) in [7, 11) is 0. The van der Waals surface area contributed by atoms with Crippen LogP contribution in [0, 0.1) is 0 Å². The largest absolute Gasteiger partial charge is 0.465 e. The van der Waals surface area contributed by atoms with Crippen molar-refractivity contribution >= 4 is 34.7 Å². The van der Waals surface area contributed by atoms with Crippen LogP contribution in [0.25, 0.3) is 0 Å². The molecule has 2 unspecified atom stereocenters. The van der Waals surface area contributed by atoms with Crippen molar-refractivity contribution in [3.63, 3.8) is 0 Å². The maximum absolute atomic E-state index is 12.4. The van der Waals surface area contributed by atoms with E-state index in [4.69, 9.17) is 20.9 Å². The van der Waals surface area contributed by atoms with Crippen molar-refractivity contribution in [2.75, 3.05) is 19.0 Å². The van der Waals surface area contributed by atoms with E-state index in [9.17, 15) is 19.2 Å². The summed E-state index contributed by atoms with van der Waals surface area (Å²) in [5.41, 5.74) is 11.8. The molecule has 0 saturated heterocycles. The van der Waals surface area contributed by atoms with E-state index in [-0.39, 0.29) is 43.5 Å². The van der Waals surface area contributed by atoms with Crippen LogP contribution < -0.4 is 16.8 Å². The number of nitrogens with two attached hydrogens (primary N) is 2. The lowest BCUT2D eigenvalue weighted by Gasteiger charge is -2.18. The second kappa shape index (κ2) is 23.5. The Morgan fingerprint density at radius 2 is 1.27 bits per heavy atom. The number of nitrogens with one attached hydrogen (secondary N) is 1. The molecule has 37 heavy (non-hydrogen) atoms. The van der Waals surface area contributed by atoms with Crippen molar-refractivity contribution in [1.29, 1.82) is 0 Å². The maximum Gasteiger partial charge on any atom is 0.328 e. The van der Waals surface area contributed by atoms with E-state index in [0.717, 1.165) is 18.6 Å². The van der Waals surface area contributed by atoms with Crippen LogP contribution in [0.2, 0.25) is 0 Å². The quantitative estimate of drug-likeness (QED) is 0.128. The van der Waals surface area contributed by atoms with Crippen LogP contribution >= 0.6 is 11.8 Å². The first-order valence-corrected chi connectivity index (χ1v) is 15.1. The van der Waals surface area contributed by atoms with Gasteiger partial charge in [-0.15, -0.1) is 0 Å². The van der Waals surface area contributed by atoms with Gasteiger partial charge in [-0.3, -0.25) is 14.4 Å². The number of amides is 1. The van der Waals surface area contributed by atoms with E-state index in [1.165, 1.54) is 56.7 Å². The third-order valence-corrected chi connectivity index (χ3v) is 7.06. The van der Waals surface area contributed by atoms with Gasteiger partial charge in [0.1, 0.15) is 12.1 Å². The smallest absolute Gasteiger partial charge is 0.328 e. The minimum atomic E-state index is -0.852. The number of hydrogen-bond acceptors (Lipinski definition) is 9. The average molecular weight is 546 g/mol. The highest BCUT2D eigenvalue weighted by atomic mass is 32.2. The molecule has 0 heterocycles. The van der Waals surface area contributed by atoms with Crippen LogP contribution in [0.3, 0.4) is 0 Å². The molecule has 216 valence electrons. The summed E-state index contributed by atoms with van der Waals surface area (Å²) >= 11 is 1.24. The van der Waals surface area contributed by atoms with Gasteiger partial charge < -0.3 is 26.3 Å². The molecule has 10 heteroatoms. The summed E-state index contributed by atoms with van der Waals surface area (Å²) < 4.78 is 9.94. The first-order valence-electron chi connectivity index (χ1n) is 14.1. The second-order valence-electron chi connectivity index (χ2n) is 9.30. The molecule has 9 nitrogen and oxygen atoms in total. The van der Waals surface area contributed by atoms with Gasteiger partial charge in [0.05, 0.1) is 19.3 Å². The second-order valence-corrected chi connectivity index (χ2v) is 10.4.